The molecule has 1 aromatic heterocycles. The number of hydrogen-bond acceptors (Lipinski definition) is 3. The van der Waals surface area contributed by atoms with Crippen LogP contribution in [0.4, 0.5) is 0 Å². The Labute approximate surface area is 113 Å². The van der Waals surface area contributed by atoms with Crippen molar-refractivity contribution in [3.63, 3.8) is 0 Å². The quantitative estimate of drug-likeness (QED) is 0.855. The number of carbonyl (C=O) groups excluding carboxylic acids is 1. The van der Waals surface area contributed by atoms with Crippen LogP contribution in [-0.4, -0.2) is 15.6 Å². The fraction of sp³-hybridized carbons (Fsp3) is 0.333. The third kappa shape index (κ3) is 3.51. The normalized spacial score (nSPS) is 10.6. The molecule has 0 bridgehead atoms. The predicted octanol–water partition coefficient (Wildman–Crippen LogP) is 1.62. The van der Waals surface area contributed by atoms with E-state index in [0.29, 0.717) is 19.4 Å². The number of Topliss-reactive ketones (excluding diaryl/α,β-unsaturated/α-hetero) is 1. The summed E-state index contributed by atoms with van der Waals surface area (Å²) >= 11 is 0. The van der Waals surface area contributed by atoms with Gasteiger partial charge in [0.2, 0.25) is 0 Å². The molecule has 0 unspecified atom stereocenters. The lowest BCUT2D eigenvalue weighted by Gasteiger charge is -2.07. The standard InChI is InChI=1S/C15H19N3O/c1-18-14(8-9-17-18)6-7-15(19)10-12-4-2-3-5-13(12)11-16/h2-5,8-9H,6-7,10-11,16H2,1H3. The van der Waals surface area contributed by atoms with Crippen LogP contribution < -0.4 is 5.73 Å². The van der Waals surface area contributed by atoms with Crippen LogP contribution in [0, 0.1) is 0 Å². The molecule has 2 rings (SSSR count). The first-order valence-electron chi connectivity index (χ1n) is 6.46. The zero-order valence-electron chi connectivity index (χ0n) is 11.2. The monoisotopic (exact) mass is 257 g/mol. The lowest BCUT2D eigenvalue weighted by atomic mass is 10.00. The highest BCUT2D eigenvalue weighted by Crippen LogP contribution is 2.11. The number of carbonyl (C=O) groups is 1. The molecule has 0 aliphatic rings. The molecule has 2 N–H and O–H groups in total. The van der Waals surface area contributed by atoms with Gasteiger partial charge in [0.25, 0.3) is 0 Å². The molecule has 0 aliphatic heterocycles. The molecule has 0 radical (unpaired) electrons. The maximum atomic E-state index is 12.0. The summed E-state index contributed by atoms with van der Waals surface area (Å²) in [5.41, 5.74) is 8.85. The van der Waals surface area contributed by atoms with E-state index < -0.39 is 0 Å². The summed E-state index contributed by atoms with van der Waals surface area (Å²) in [5, 5.41) is 4.09. The topological polar surface area (TPSA) is 60.9 Å². The minimum Gasteiger partial charge on any atom is -0.326 e. The van der Waals surface area contributed by atoms with Gasteiger partial charge in [-0.05, 0) is 23.6 Å². The van der Waals surface area contributed by atoms with Crippen molar-refractivity contribution in [2.75, 3.05) is 0 Å². The van der Waals surface area contributed by atoms with E-state index in [4.69, 9.17) is 5.73 Å². The van der Waals surface area contributed by atoms with Crippen LogP contribution in [-0.2, 0) is 31.2 Å². The van der Waals surface area contributed by atoms with Gasteiger partial charge < -0.3 is 5.73 Å². The summed E-state index contributed by atoms with van der Waals surface area (Å²) in [6.07, 6.45) is 3.49. The molecular formula is C15H19N3O. The molecular weight excluding hydrogens is 238 g/mol. The third-order valence-electron chi connectivity index (χ3n) is 3.31. The average molecular weight is 257 g/mol. The van der Waals surface area contributed by atoms with Gasteiger partial charge in [0.05, 0.1) is 0 Å². The minimum atomic E-state index is 0.238. The van der Waals surface area contributed by atoms with Gasteiger partial charge in [-0.1, -0.05) is 24.3 Å². The van der Waals surface area contributed by atoms with Crippen LogP contribution in [0.15, 0.2) is 36.5 Å². The van der Waals surface area contributed by atoms with Gasteiger partial charge in [0, 0.05) is 38.3 Å². The molecule has 0 saturated carbocycles. The maximum absolute atomic E-state index is 12.0. The van der Waals surface area contributed by atoms with Crippen molar-refractivity contribution < 1.29 is 4.79 Å². The Bertz CT molecular complexity index is 560. The molecule has 0 fully saturated rings. The summed E-state index contributed by atoms with van der Waals surface area (Å²) < 4.78 is 1.81. The summed E-state index contributed by atoms with van der Waals surface area (Å²) in [6, 6.07) is 9.80. The van der Waals surface area contributed by atoms with Gasteiger partial charge in [0.1, 0.15) is 5.78 Å². The van der Waals surface area contributed by atoms with Crippen molar-refractivity contribution in [1.82, 2.24) is 9.78 Å². The van der Waals surface area contributed by atoms with E-state index in [-0.39, 0.29) is 5.78 Å². The average Bonchev–Trinajstić information content (AvgIpc) is 2.82. The second kappa shape index (κ2) is 6.29. The lowest BCUT2D eigenvalue weighted by molar-refractivity contribution is -0.118. The second-order valence-electron chi connectivity index (χ2n) is 4.63. The molecule has 0 atom stereocenters. The molecule has 4 heteroatoms. The first-order chi connectivity index (χ1) is 9.20. The van der Waals surface area contributed by atoms with E-state index in [9.17, 15) is 4.79 Å². The predicted molar refractivity (Wildman–Crippen MR) is 74.6 cm³/mol. The number of rotatable bonds is 6. The van der Waals surface area contributed by atoms with E-state index in [1.54, 1.807) is 10.9 Å². The molecule has 4 nitrogen and oxygen atoms in total. The molecule has 2 aromatic rings. The maximum Gasteiger partial charge on any atom is 0.137 e. The fourth-order valence-electron chi connectivity index (χ4n) is 2.14. The molecule has 1 aromatic carbocycles. The van der Waals surface area contributed by atoms with Crippen molar-refractivity contribution in [3.8, 4) is 0 Å². The summed E-state index contributed by atoms with van der Waals surface area (Å²) in [4.78, 5) is 12.0. The van der Waals surface area contributed by atoms with E-state index in [0.717, 1.165) is 23.2 Å². The largest absolute Gasteiger partial charge is 0.326 e. The minimum absolute atomic E-state index is 0.238. The van der Waals surface area contributed by atoms with Crippen LogP contribution in [0.25, 0.3) is 0 Å². The van der Waals surface area contributed by atoms with Crippen LogP contribution in [0.5, 0.6) is 0 Å². The molecule has 1 heterocycles. The van der Waals surface area contributed by atoms with Crippen LogP contribution >= 0.6 is 0 Å². The molecule has 19 heavy (non-hydrogen) atoms. The summed E-state index contributed by atoms with van der Waals surface area (Å²) in [7, 11) is 1.89. The van der Waals surface area contributed by atoms with Gasteiger partial charge in [-0.3, -0.25) is 9.48 Å². The molecule has 0 spiro atoms. The van der Waals surface area contributed by atoms with Crippen molar-refractivity contribution in [1.29, 1.82) is 0 Å². The number of benzene rings is 1. The van der Waals surface area contributed by atoms with E-state index >= 15 is 0 Å². The highest BCUT2D eigenvalue weighted by Gasteiger charge is 2.08. The zero-order valence-corrected chi connectivity index (χ0v) is 11.2. The van der Waals surface area contributed by atoms with Crippen molar-refractivity contribution in [3.05, 3.63) is 53.3 Å². The molecule has 100 valence electrons. The number of hydrogen-bond donors (Lipinski definition) is 1. The van der Waals surface area contributed by atoms with Gasteiger partial charge in [-0.15, -0.1) is 0 Å². The Hall–Kier alpha value is -1.94. The molecule has 0 amide bonds. The highest BCUT2D eigenvalue weighted by molar-refractivity contribution is 5.81. The van der Waals surface area contributed by atoms with Gasteiger partial charge in [-0.2, -0.15) is 5.10 Å². The number of ketones is 1. The Morgan fingerprint density at radius 3 is 2.63 bits per heavy atom. The van der Waals surface area contributed by atoms with E-state index in [1.165, 1.54) is 0 Å². The second-order valence-corrected chi connectivity index (χ2v) is 4.63. The lowest BCUT2D eigenvalue weighted by Crippen LogP contribution is -2.09. The Morgan fingerprint density at radius 2 is 2.00 bits per heavy atom. The van der Waals surface area contributed by atoms with Gasteiger partial charge in [-0.25, -0.2) is 0 Å². The van der Waals surface area contributed by atoms with Crippen LogP contribution in [0.3, 0.4) is 0 Å². The third-order valence-corrected chi connectivity index (χ3v) is 3.31. The first-order valence-corrected chi connectivity index (χ1v) is 6.46. The first kappa shape index (κ1) is 13.5. The van der Waals surface area contributed by atoms with Gasteiger partial charge >= 0.3 is 0 Å². The smallest absolute Gasteiger partial charge is 0.137 e. The number of nitrogens with two attached hydrogens (primary N) is 1. The van der Waals surface area contributed by atoms with Gasteiger partial charge in [0.15, 0.2) is 0 Å². The van der Waals surface area contributed by atoms with Crippen molar-refractivity contribution >= 4 is 5.78 Å². The Balaban J connectivity index is 1.93. The van der Waals surface area contributed by atoms with Crippen LogP contribution in [0.1, 0.15) is 23.2 Å². The highest BCUT2D eigenvalue weighted by atomic mass is 16.1. The Morgan fingerprint density at radius 1 is 1.26 bits per heavy atom. The molecule has 0 saturated heterocycles. The fourth-order valence-corrected chi connectivity index (χ4v) is 2.14. The molecule has 0 aliphatic carbocycles. The summed E-state index contributed by atoms with van der Waals surface area (Å²) in [6.45, 7) is 0.477. The van der Waals surface area contributed by atoms with Crippen molar-refractivity contribution in [2.24, 2.45) is 12.8 Å². The zero-order chi connectivity index (χ0) is 13.7. The Kier molecular flexibility index (Phi) is 4.47. The van der Waals surface area contributed by atoms with E-state index in [1.807, 2.05) is 37.4 Å². The summed E-state index contributed by atoms with van der Waals surface area (Å²) in [5.74, 6) is 0.238. The SMILES string of the molecule is Cn1nccc1CCC(=O)Cc1ccccc1CN. The van der Waals surface area contributed by atoms with Crippen LogP contribution in [0.2, 0.25) is 0 Å². The number of nitrogens with zero attached hydrogens (tertiary/aromatic N) is 2. The van der Waals surface area contributed by atoms with Crippen molar-refractivity contribution in [2.45, 2.75) is 25.8 Å². The van der Waals surface area contributed by atoms with E-state index in [2.05, 4.69) is 5.10 Å². The number of aryl methyl sites for hydroxylation is 2. The number of aromatic nitrogens is 2.